The summed E-state index contributed by atoms with van der Waals surface area (Å²) < 4.78 is 10.9. The molecular weight excluding hydrogens is 320 g/mol. The normalized spacial score (nSPS) is 17.6. The van der Waals surface area contributed by atoms with E-state index in [1.54, 1.807) is 25.3 Å². The zero-order valence-corrected chi connectivity index (χ0v) is 14.4. The first kappa shape index (κ1) is 17.1. The molecule has 1 N–H and O–H groups in total. The number of amides is 2. The lowest BCUT2D eigenvalue weighted by Gasteiger charge is -2.32. The molecule has 1 aliphatic heterocycles. The maximum atomic E-state index is 12.4. The van der Waals surface area contributed by atoms with Crippen molar-refractivity contribution < 1.29 is 18.7 Å². The van der Waals surface area contributed by atoms with Gasteiger partial charge in [-0.15, -0.1) is 0 Å². The molecule has 6 nitrogen and oxygen atoms in total. The van der Waals surface area contributed by atoms with Gasteiger partial charge in [0.05, 0.1) is 12.0 Å². The maximum absolute atomic E-state index is 12.4. The van der Waals surface area contributed by atoms with Crippen LogP contribution in [0.3, 0.4) is 0 Å². The van der Waals surface area contributed by atoms with Crippen molar-refractivity contribution in [1.29, 1.82) is 0 Å². The van der Waals surface area contributed by atoms with Gasteiger partial charge in [0.2, 0.25) is 5.91 Å². The van der Waals surface area contributed by atoms with Crippen LogP contribution in [0.5, 0.6) is 5.75 Å². The van der Waals surface area contributed by atoms with Crippen LogP contribution in [0.15, 0.2) is 47.1 Å². The van der Waals surface area contributed by atoms with Gasteiger partial charge < -0.3 is 14.5 Å². The van der Waals surface area contributed by atoms with Crippen LogP contribution in [-0.4, -0.2) is 30.5 Å². The van der Waals surface area contributed by atoms with Crippen LogP contribution in [0.2, 0.25) is 0 Å². The summed E-state index contributed by atoms with van der Waals surface area (Å²) in [7, 11) is 0. The van der Waals surface area contributed by atoms with Gasteiger partial charge in [-0.05, 0) is 44.5 Å². The number of carbonyl (C=O) groups is 2. The molecule has 0 bridgehead atoms. The highest BCUT2D eigenvalue weighted by molar-refractivity contribution is 6.03. The maximum Gasteiger partial charge on any atom is 0.268 e. The minimum Gasteiger partial charge on any atom is -0.479 e. The molecule has 0 saturated carbocycles. The number of rotatable bonds is 6. The van der Waals surface area contributed by atoms with E-state index in [1.807, 2.05) is 31.2 Å². The number of aryl methyl sites for hydroxylation is 1. The van der Waals surface area contributed by atoms with Crippen molar-refractivity contribution in [2.45, 2.75) is 38.8 Å². The number of ether oxygens (including phenoxy) is 1. The number of carbonyl (C=O) groups excluding carboxylic acids is 2. The van der Waals surface area contributed by atoms with E-state index in [0.29, 0.717) is 11.4 Å². The number of hydrogen-bond acceptors (Lipinski definition) is 4. The molecule has 0 spiro atoms. The molecule has 6 heteroatoms. The lowest BCUT2D eigenvalue weighted by Crippen LogP contribution is -2.49. The summed E-state index contributed by atoms with van der Waals surface area (Å²) in [5, 5.41) is 2.94. The second-order valence-electron chi connectivity index (χ2n) is 6.24. The topological polar surface area (TPSA) is 71.8 Å². The van der Waals surface area contributed by atoms with Gasteiger partial charge in [-0.3, -0.25) is 14.5 Å². The van der Waals surface area contributed by atoms with Gasteiger partial charge >= 0.3 is 0 Å². The van der Waals surface area contributed by atoms with E-state index in [0.717, 1.165) is 18.6 Å². The zero-order chi connectivity index (χ0) is 17.8. The smallest absolute Gasteiger partial charge is 0.268 e. The monoisotopic (exact) mass is 342 g/mol. The molecule has 0 saturated heterocycles. The van der Waals surface area contributed by atoms with E-state index in [2.05, 4.69) is 5.32 Å². The summed E-state index contributed by atoms with van der Waals surface area (Å²) in [4.78, 5) is 26.3. The molecule has 2 heterocycles. The standard InChI is InChI=1S/C19H22N2O4/c1-13(9-10-15-6-5-11-24-15)20-18(22)12-21-16-7-3-4-8-17(16)25-14(2)19(21)23/h3-8,11,13-14H,9-10,12H2,1-2H3,(H,20,22)/t13-,14-/m0/s1. The highest BCUT2D eigenvalue weighted by Crippen LogP contribution is 2.33. The van der Waals surface area contributed by atoms with Crippen molar-refractivity contribution in [3.8, 4) is 5.75 Å². The largest absolute Gasteiger partial charge is 0.479 e. The first-order chi connectivity index (χ1) is 12.0. The summed E-state index contributed by atoms with van der Waals surface area (Å²) in [5.41, 5.74) is 0.629. The van der Waals surface area contributed by atoms with E-state index in [4.69, 9.17) is 9.15 Å². The number of anilines is 1. The van der Waals surface area contributed by atoms with Gasteiger partial charge in [-0.1, -0.05) is 12.1 Å². The van der Waals surface area contributed by atoms with Crippen molar-refractivity contribution in [1.82, 2.24) is 5.32 Å². The van der Waals surface area contributed by atoms with Gasteiger partial charge in [0, 0.05) is 12.5 Å². The van der Waals surface area contributed by atoms with Crippen LogP contribution in [0.25, 0.3) is 0 Å². The van der Waals surface area contributed by atoms with Crippen LogP contribution in [-0.2, 0) is 16.0 Å². The van der Waals surface area contributed by atoms with E-state index < -0.39 is 6.10 Å². The number of furan rings is 1. The highest BCUT2D eigenvalue weighted by atomic mass is 16.5. The van der Waals surface area contributed by atoms with Crippen LogP contribution in [0.1, 0.15) is 26.0 Å². The SMILES string of the molecule is C[C@@H]1Oc2ccccc2N(CC(=O)N[C@@H](C)CCc2ccco2)C1=O. The predicted octanol–water partition coefficient (Wildman–Crippen LogP) is 2.53. The molecule has 0 fully saturated rings. The Morgan fingerprint density at radius 1 is 1.28 bits per heavy atom. The Kier molecular flexibility index (Phi) is 5.07. The zero-order valence-electron chi connectivity index (χ0n) is 14.4. The van der Waals surface area contributed by atoms with Crippen LogP contribution < -0.4 is 15.0 Å². The predicted molar refractivity (Wildman–Crippen MR) is 93.5 cm³/mol. The Balaban J connectivity index is 1.59. The lowest BCUT2D eigenvalue weighted by atomic mass is 10.1. The molecule has 0 unspecified atom stereocenters. The summed E-state index contributed by atoms with van der Waals surface area (Å²) in [5.74, 6) is 1.11. The van der Waals surface area contributed by atoms with Crippen molar-refractivity contribution in [2.24, 2.45) is 0 Å². The van der Waals surface area contributed by atoms with Crippen molar-refractivity contribution in [3.05, 3.63) is 48.4 Å². The quantitative estimate of drug-likeness (QED) is 0.876. The molecule has 25 heavy (non-hydrogen) atoms. The molecule has 1 aromatic heterocycles. The number of benzene rings is 1. The fraction of sp³-hybridized carbons (Fsp3) is 0.368. The van der Waals surface area contributed by atoms with Crippen molar-refractivity contribution in [3.63, 3.8) is 0 Å². The molecule has 3 rings (SSSR count). The second-order valence-corrected chi connectivity index (χ2v) is 6.24. The van der Waals surface area contributed by atoms with E-state index >= 15 is 0 Å². The first-order valence-electron chi connectivity index (χ1n) is 8.43. The van der Waals surface area contributed by atoms with E-state index in [-0.39, 0.29) is 24.4 Å². The molecule has 1 aliphatic rings. The highest BCUT2D eigenvalue weighted by Gasteiger charge is 2.32. The third-order valence-electron chi connectivity index (χ3n) is 4.19. The number of fused-ring (bicyclic) bond motifs is 1. The van der Waals surface area contributed by atoms with Gasteiger partial charge in [-0.25, -0.2) is 0 Å². The van der Waals surface area contributed by atoms with Gasteiger partial charge in [0.1, 0.15) is 18.1 Å². The minimum absolute atomic E-state index is 0.0126. The fourth-order valence-electron chi connectivity index (χ4n) is 2.87. The average Bonchev–Trinajstić information content (AvgIpc) is 3.10. The molecule has 1 aromatic carbocycles. The number of hydrogen-bond donors (Lipinski definition) is 1. The molecular formula is C19H22N2O4. The van der Waals surface area contributed by atoms with Gasteiger partial charge in [0.15, 0.2) is 6.10 Å². The van der Waals surface area contributed by atoms with Gasteiger partial charge in [-0.2, -0.15) is 0 Å². The van der Waals surface area contributed by atoms with Crippen LogP contribution in [0, 0.1) is 0 Å². The van der Waals surface area contributed by atoms with Crippen LogP contribution >= 0.6 is 0 Å². The average molecular weight is 342 g/mol. The third kappa shape index (κ3) is 4.02. The second kappa shape index (κ2) is 7.42. The molecule has 2 aromatic rings. The van der Waals surface area contributed by atoms with Crippen molar-refractivity contribution >= 4 is 17.5 Å². The molecule has 0 radical (unpaired) electrons. The van der Waals surface area contributed by atoms with E-state index in [9.17, 15) is 9.59 Å². The van der Waals surface area contributed by atoms with Crippen LogP contribution in [0.4, 0.5) is 5.69 Å². The van der Waals surface area contributed by atoms with E-state index in [1.165, 1.54) is 4.90 Å². The Morgan fingerprint density at radius 2 is 2.08 bits per heavy atom. The summed E-state index contributed by atoms with van der Waals surface area (Å²) in [6, 6.07) is 11.0. The summed E-state index contributed by atoms with van der Waals surface area (Å²) in [6.45, 7) is 3.61. The molecule has 0 aliphatic carbocycles. The number of para-hydroxylation sites is 2. The fourth-order valence-corrected chi connectivity index (χ4v) is 2.87. The minimum atomic E-state index is -0.598. The Hall–Kier alpha value is -2.76. The third-order valence-corrected chi connectivity index (χ3v) is 4.19. The Bertz CT molecular complexity index is 742. The Morgan fingerprint density at radius 3 is 2.84 bits per heavy atom. The summed E-state index contributed by atoms with van der Waals surface area (Å²) in [6.07, 6.45) is 2.56. The molecule has 132 valence electrons. The first-order valence-corrected chi connectivity index (χ1v) is 8.43. The number of nitrogens with zero attached hydrogens (tertiary/aromatic N) is 1. The van der Waals surface area contributed by atoms with Gasteiger partial charge in [0.25, 0.3) is 5.91 Å². The molecule has 2 atom stereocenters. The summed E-state index contributed by atoms with van der Waals surface area (Å²) >= 11 is 0. The number of nitrogens with one attached hydrogen (secondary N) is 1. The lowest BCUT2D eigenvalue weighted by molar-refractivity contribution is -0.128. The molecule has 2 amide bonds. The Labute approximate surface area is 146 Å². The van der Waals surface area contributed by atoms with Crippen molar-refractivity contribution in [2.75, 3.05) is 11.4 Å².